The number of thiazole rings is 1. The van der Waals surface area contributed by atoms with E-state index < -0.39 is 0 Å². The molecule has 0 unspecified atom stereocenters. The van der Waals surface area contributed by atoms with Gasteiger partial charge in [-0.1, -0.05) is 20.8 Å². The van der Waals surface area contributed by atoms with Gasteiger partial charge in [-0.25, -0.2) is 4.98 Å². The van der Waals surface area contributed by atoms with Gasteiger partial charge in [-0.3, -0.25) is 4.79 Å². The number of carbonyl (C=O) groups excluding carboxylic acids is 1. The maximum Gasteiger partial charge on any atom is 0.282 e. The Morgan fingerprint density at radius 2 is 2.16 bits per heavy atom. The molecule has 2 aromatic heterocycles. The normalized spacial score (nSPS) is 15.6. The fraction of sp³-hybridized carbons (Fsp3) is 0.526. The minimum atomic E-state index is -0.205. The van der Waals surface area contributed by atoms with Gasteiger partial charge in [0.05, 0.1) is 5.56 Å². The van der Waals surface area contributed by atoms with E-state index in [4.69, 9.17) is 0 Å². The van der Waals surface area contributed by atoms with Crippen LogP contribution in [0.5, 0.6) is 0 Å². The van der Waals surface area contributed by atoms with Crippen LogP contribution in [0.25, 0.3) is 0 Å². The van der Waals surface area contributed by atoms with Gasteiger partial charge >= 0.3 is 0 Å². The number of thioether (sulfide) groups is 1. The van der Waals surface area contributed by atoms with Crippen LogP contribution in [0.15, 0.2) is 28.3 Å². The average molecular weight is 376 g/mol. The molecule has 1 aliphatic rings. The molecule has 1 fully saturated rings. The molecular weight excluding hydrogens is 350 g/mol. The number of amides is 1. The first-order chi connectivity index (χ1) is 11.8. The Morgan fingerprint density at radius 3 is 2.76 bits per heavy atom. The lowest BCUT2D eigenvalue weighted by Crippen LogP contribution is -2.20. The van der Waals surface area contributed by atoms with Gasteiger partial charge in [0, 0.05) is 23.3 Å². The molecule has 0 spiro atoms. The van der Waals surface area contributed by atoms with Gasteiger partial charge in [0.2, 0.25) is 0 Å². The summed E-state index contributed by atoms with van der Waals surface area (Å²) in [6.07, 6.45) is 6.20. The summed E-state index contributed by atoms with van der Waals surface area (Å²) in [6, 6.07) is 3.60. The molecule has 1 aliphatic carbocycles. The van der Waals surface area contributed by atoms with Gasteiger partial charge in [0.15, 0.2) is 4.80 Å². The Kier molecular flexibility index (Phi) is 5.21. The lowest BCUT2D eigenvalue weighted by Gasteiger charge is -2.17. The predicted molar refractivity (Wildman–Crippen MR) is 104 cm³/mol. The minimum absolute atomic E-state index is 0.0512. The number of hydrogen-bond acceptors (Lipinski definition) is 4. The van der Waals surface area contributed by atoms with Crippen molar-refractivity contribution in [1.29, 1.82) is 0 Å². The fourth-order valence-electron chi connectivity index (χ4n) is 2.90. The van der Waals surface area contributed by atoms with Gasteiger partial charge in [-0.2, -0.15) is 4.99 Å². The zero-order valence-corrected chi connectivity index (χ0v) is 17.1. The second-order valence-electron chi connectivity index (χ2n) is 7.58. The molecule has 3 rings (SSSR count). The molecule has 2 heterocycles. The highest BCUT2D eigenvalue weighted by molar-refractivity contribution is 7.98. The van der Waals surface area contributed by atoms with Crippen molar-refractivity contribution in [3.8, 4) is 0 Å². The van der Waals surface area contributed by atoms with Gasteiger partial charge in [-0.05, 0) is 49.5 Å². The van der Waals surface area contributed by atoms with Crippen LogP contribution in [0.4, 0.5) is 0 Å². The van der Waals surface area contributed by atoms with E-state index >= 15 is 0 Å². The van der Waals surface area contributed by atoms with Crippen molar-refractivity contribution in [2.45, 2.75) is 57.5 Å². The minimum Gasteiger partial charge on any atom is -0.320 e. The summed E-state index contributed by atoms with van der Waals surface area (Å²) in [5.74, 6) is 0.527. The molecule has 134 valence electrons. The Morgan fingerprint density at radius 1 is 1.44 bits per heavy atom. The first-order valence-electron chi connectivity index (χ1n) is 8.60. The summed E-state index contributed by atoms with van der Waals surface area (Å²) in [5, 5.41) is 0.731. The number of pyridine rings is 1. The lowest BCUT2D eigenvalue weighted by molar-refractivity contribution is 0.0994. The summed E-state index contributed by atoms with van der Waals surface area (Å²) in [4.78, 5) is 23.7. The zero-order valence-electron chi connectivity index (χ0n) is 15.5. The summed E-state index contributed by atoms with van der Waals surface area (Å²) in [5.41, 5.74) is 1.87. The summed E-state index contributed by atoms with van der Waals surface area (Å²) >= 11 is 3.12. The average Bonchev–Trinajstić information content (AvgIpc) is 3.33. The van der Waals surface area contributed by atoms with Crippen LogP contribution in [0.2, 0.25) is 0 Å². The summed E-state index contributed by atoms with van der Waals surface area (Å²) < 4.78 is 2.25. The molecule has 0 aromatic carbocycles. The number of nitrogens with zero attached hydrogens (tertiary/aromatic N) is 3. The van der Waals surface area contributed by atoms with E-state index in [1.807, 2.05) is 6.26 Å². The molecule has 0 aliphatic heterocycles. The Bertz CT molecular complexity index is 854. The summed E-state index contributed by atoms with van der Waals surface area (Å²) in [7, 11) is 0. The van der Waals surface area contributed by atoms with Gasteiger partial charge in [0.25, 0.3) is 5.91 Å². The van der Waals surface area contributed by atoms with E-state index in [2.05, 4.69) is 42.2 Å². The standard InChI is InChI=1S/C19H25N3OS2/c1-12-15(19(2,3)4)25-18(22(12)11-13-8-9-13)21-16(23)14-7-6-10-20-17(14)24-5/h6-7,10,13H,8-9,11H2,1-5H3/b21-18-. The highest BCUT2D eigenvalue weighted by Crippen LogP contribution is 2.33. The molecule has 2 aromatic rings. The number of hydrogen-bond donors (Lipinski definition) is 0. The maximum atomic E-state index is 12.8. The van der Waals surface area contributed by atoms with Crippen molar-refractivity contribution >= 4 is 29.0 Å². The quantitative estimate of drug-likeness (QED) is 0.743. The van der Waals surface area contributed by atoms with Crippen molar-refractivity contribution in [2.75, 3.05) is 6.26 Å². The van der Waals surface area contributed by atoms with Crippen LogP contribution in [0.1, 0.15) is 54.5 Å². The number of rotatable bonds is 4. The zero-order chi connectivity index (χ0) is 18.2. The Labute approximate surface area is 157 Å². The van der Waals surface area contributed by atoms with Crippen molar-refractivity contribution in [2.24, 2.45) is 10.9 Å². The van der Waals surface area contributed by atoms with E-state index in [0.717, 1.165) is 22.3 Å². The summed E-state index contributed by atoms with van der Waals surface area (Å²) in [6.45, 7) is 9.76. The smallest absolute Gasteiger partial charge is 0.282 e. The molecule has 0 atom stereocenters. The van der Waals surface area contributed by atoms with Crippen LogP contribution in [0, 0.1) is 12.8 Å². The van der Waals surface area contributed by atoms with E-state index in [-0.39, 0.29) is 11.3 Å². The molecule has 0 bridgehead atoms. The van der Waals surface area contributed by atoms with Crippen LogP contribution in [0.3, 0.4) is 0 Å². The monoisotopic (exact) mass is 375 g/mol. The molecule has 0 N–H and O–H groups in total. The molecule has 1 saturated carbocycles. The largest absolute Gasteiger partial charge is 0.320 e. The molecule has 0 radical (unpaired) electrons. The maximum absolute atomic E-state index is 12.8. The molecule has 0 saturated heterocycles. The van der Waals surface area contributed by atoms with Crippen molar-refractivity contribution in [1.82, 2.24) is 9.55 Å². The van der Waals surface area contributed by atoms with Crippen molar-refractivity contribution in [3.05, 3.63) is 39.3 Å². The Balaban J connectivity index is 2.08. The second-order valence-corrected chi connectivity index (χ2v) is 9.35. The van der Waals surface area contributed by atoms with E-state index in [9.17, 15) is 4.79 Å². The molecule has 25 heavy (non-hydrogen) atoms. The van der Waals surface area contributed by atoms with E-state index in [1.54, 1.807) is 29.7 Å². The predicted octanol–water partition coefficient (Wildman–Crippen LogP) is 4.42. The van der Waals surface area contributed by atoms with Gasteiger partial charge in [0.1, 0.15) is 5.03 Å². The molecular formula is C19H25N3OS2. The SMILES string of the molecule is CSc1ncccc1C(=O)/N=c1\sc(C(C)(C)C)c(C)n1CC1CC1. The molecule has 4 nitrogen and oxygen atoms in total. The van der Waals surface area contributed by atoms with Crippen LogP contribution in [-0.4, -0.2) is 21.7 Å². The topological polar surface area (TPSA) is 47.2 Å². The van der Waals surface area contributed by atoms with E-state index in [1.165, 1.54) is 35.2 Å². The van der Waals surface area contributed by atoms with E-state index in [0.29, 0.717) is 5.56 Å². The third-order valence-corrected chi connectivity index (χ3v) is 6.69. The van der Waals surface area contributed by atoms with Crippen molar-refractivity contribution < 1.29 is 4.79 Å². The lowest BCUT2D eigenvalue weighted by atomic mass is 9.93. The molecule has 6 heteroatoms. The van der Waals surface area contributed by atoms with Gasteiger partial charge < -0.3 is 4.57 Å². The number of carbonyl (C=O) groups is 1. The van der Waals surface area contributed by atoms with Crippen LogP contribution >= 0.6 is 23.1 Å². The first-order valence-corrected chi connectivity index (χ1v) is 10.6. The van der Waals surface area contributed by atoms with Gasteiger partial charge in [-0.15, -0.1) is 23.1 Å². The Hall–Kier alpha value is -1.40. The second kappa shape index (κ2) is 7.08. The third kappa shape index (κ3) is 4.06. The van der Waals surface area contributed by atoms with Crippen LogP contribution < -0.4 is 4.80 Å². The third-order valence-electron chi connectivity index (χ3n) is 4.37. The van der Waals surface area contributed by atoms with Crippen molar-refractivity contribution in [3.63, 3.8) is 0 Å². The first kappa shape index (κ1) is 18.4. The highest BCUT2D eigenvalue weighted by Gasteiger charge is 2.27. The molecule has 1 amide bonds. The highest BCUT2D eigenvalue weighted by atomic mass is 32.2. The fourth-order valence-corrected chi connectivity index (χ4v) is 4.64. The number of aromatic nitrogens is 2. The van der Waals surface area contributed by atoms with Crippen LogP contribution in [-0.2, 0) is 12.0 Å².